The van der Waals surface area contributed by atoms with Crippen molar-refractivity contribution in [2.75, 3.05) is 17.2 Å². The number of rotatable bonds is 8. The highest BCUT2D eigenvalue weighted by atomic mass is 32.1. The Bertz CT molecular complexity index is 851. The molecule has 0 unspecified atom stereocenters. The SMILES string of the molecule is CCCC(=O)Nc1ccc(NC(=S)NC(=O)c2cccc(OCC(C)C)c2)cc1. The Labute approximate surface area is 177 Å². The first kappa shape index (κ1) is 22.4. The summed E-state index contributed by atoms with van der Waals surface area (Å²) in [6.07, 6.45) is 1.28. The standard InChI is InChI=1S/C22H27N3O3S/c1-4-6-20(26)23-17-9-11-18(12-10-17)24-22(29)25-21(27)16-7-5-8-19(13-16)28-14-15(2)3/h5,7-13,15H,4,6,14H2,1-3H3,(H,23,26)(H2,24,25,27,29). The summed E-state index contributed by atoms with van der Waals surface area (Å²) in [6, 6.07) is 14.1. The summed E-state index contributed by atoms with van der Waals surface area (Å²) >= 11 is 5.22. The summed E-state index contributed by atoms with van der Waals surface area (Å²) in [6.45, 7) is 6.66. The number of carbonyl (C=O) groups excluding carboxylic acids is 2. The van der Waals surface area contributed by atoms with E-state index in [1.165, 1.54) is 0 Å². The van der Waals surface area contributed by atoms with E-state index in [4.69, 9.17) is 17.0 Å². The van der Waals surface area contributed by atoms with Crippen molar-refractivity contribution in [1.29, 1.82) is 0 Å². The van der Waals surface area contributed by atoms with Crippen molar-refractivity contribution in [3.05, 3.63) is 54.1 Å². The van der Waals surface area contributed by atoms with Gasteiger partial charge in [0.1, 0.15) is 5.75 Å². The van der Waals surface area contributed by atoms with Gasteiger partial charge in [-0.3, -0.25) is 14.9 Å². The van der Waals surface area contributed by atoms with Gasteiger partial charge >= 0.3 is 0 Å². The second-order valence-corrected chi connectivity index (χ2v) is 7.42. The molecule has 29 heavy (non-hydrogen) atoms. The van der Waals surface area contributed by atoms with Crippen molar-refractivity contribution < 1.29 is 14.3 Å². The molecule has 0 saturated heterocycles. The van der Waals surface area contributed by atoms with Crippen LogP contribution in [-0.4, -0.2) is 23.5 Å². The van der Waals surface area contributed by atoms with Crippen molar-refractivity contribution in [1.82, 2.24) is 5.32 Å². The molecule has 2 aromatic carbocycles. The van der Waals surface area contributed by atoms with Crippen LogP contribution < -0.4 is 20.7 Å². The Kier molecular flexibility index (Phi) is 8.61. The van der Waals surface area contributed by atoms with Crippen LogP contribution in [0.3, 0.4) is 0 Å². The van der Waals surface area contributed by atoms with Gasteiger partial charge in [-0.1, -0.05) is 26.8 Å². The van der Waals surface area contributed by atoms with Crippen LogP contribution in [0.15, 0.2) is 48.5 Å². The molecule has 154 valence electrons. The Balaban J connectivity index is 1.89. The molecular weight excluding hydrogens is 386 g/mol. The quantitative estimate of drug-likeness (QED) is 0.552. The summed E-state index contributed by atoms with van der Waals surface area (Å²) < 4.78 is 5.65. The fourth-order valence-corrected chi connectivity index (χ4v) is 2.63. The minimum atomic E-state index is -0.319. The van der Waals surface area contributed by atoms with Crippen LogP contribution >= 0.6 is 12.2 Å². The Morgan fingerprint density at radius 3 is 2.31 bits per heavy atom. The molecule has 2 aromatic rings. The van der Waals surface area contributed by atoms with Gasteiger partial charge < -0.3 is 15.4 Å². The molecule has 0 fully saturated rings. The third kappa shape index (κ3) is 7.91. The van der Waals surface area contributed by atoms with Gasteiger partial charge in [0.15, 0.2) is 5.11 Å². The maximum absolute atomic E-state index is 12.4. The molecule has 7 heteroatoms. The van der Waals surface area contributed by atoms with E-state index in [1.54, 1.807) is 42.5 Å². The number of nitrogens with one attached hydrogen (secondary N) is 3. The number of carbonyl (C=O) groups is 2. The van der Waals surface area contributed by atoms with Gasteiger partial charge in [0, 0.05) is 23.4 Å². The highest BCUT2D eigenvalue weighted by Crippen LogP contribution is 2.16. The number of amides is 2. The van der Waals surface area contributed by atoms with E-state index < -0.39 is 0 Å². The van der Waals surface area contributed by atoms with E-state index in [1.807, 2.05) is 13.0 Å². The van der Waals surface area contributed by atoms with Crippen molar-refractivity contribution in [2.24, 2.45) is 5.92 Å². The highest BCUT2D eigenvalue weighted by Gasteiger charge is 2.10. The molecule has 0 aromatic heterocycles. The van der Waals surface area contributed by atoms with Gasteiger partial charge in [-0.05, 0) is 67.0 Å². The Morgan fingerprint density at radius 1 is 1.03 bits per heavy atom. The maximum atomic E-state index is 12.4. The minimum Gasteiger partial charge on any atom is -0.493 e. The molecule has 0 spiro atoms. The van der Waals surface area contributed by atoms with Crippen LogP contribution in [0.2, 0.25) is 0 Å². The first-order valence-corrected chi connectivity index (χ1v) is 10.0. The van der Waals surface area contributed by atoms with E-state index in [0.29, 0.717) is 41.6 Å². The predicted octanol–water partition coefficient (Wildman–Crippen LogP) is 4.59. The third-order valence-corrected chi connectivity index (χ3v) is 4.01. The second-order valence-electron chi connectivity index (χ2n) is 7.02. The van der Waals surface area contributed by atoms with E-state index in [-0.39, 0.29) is 16.9 Å². The van der Waals surface area contributed by atoms with Crippen molar-refractivity contribution in [2.45, 2.75) is 33.6 Å². The summed E-state index contributed by atoms with van der Waals surface area (Å²) in [4.78, 5) is 24.1. The molecule has 0 aliphatic rings. The lowest BCUT2D eigenvalue weighted by atomic mass is 10.2. The molecule has 3 N–H and O–H groups in total. The summed E-state index contributed by atoms with van der Waals surface area (Å²) in [5.41, 5.74) is 1.88. The highest BCUT2D eigenvalue weighted by molar-refractivity contribution is 7.80. The zero-order valence-electron chi connectivity index (χ0n) is 17.0. The molecular formula is C22H27N3O3S. The smallest absolute Gasteiger partial charge is 0.257 e. The number of hydrogen-bond acceptors (Lipinski definition) is 4. The third-order valence-electron chi connectivity index (χ3n) is 3.81. The predicted molar refractivity (Wildman–Crippen MR) is 120 cm³/mol. The van der Waals surface area contributed by atoms with E-state index >= 15 is 0 Å². The molecule has 0 atom stereocenters. The van der Waals surface area contributed by atoms with Gasteiger partial charge in [-0.15, -0.1) is 0 Å². The molecule has 0 bridgehead atoms. The van der Waals surface area contributed by atoms with Crippen molar-refractivity contribution >= 4 is 40.5 Å². The van der Waals surface area contributed by atoms with Crippen molar-refractivity contribution in [3.8, 4) is 5.75 Å². The number of anilines is 2. The summed E-state index contributed by atoms with van der Waals surface area (Å²) in [5.74, 6) is 0.707. The van der Waals surface area contributed by atoms with Crippen LogP contribution in [0.4, 0.5) is 11.4 Å². The van der Waals surface area contributed by atoms with E-state index in [9.17, 15) is 9.59 Å². The van der Waals surface area contributed by atoms with Crippen LogP contribution in [0.25, 0.3) is 0 Å². The second kappa shape index (κ2) is 11.2. The maximum Gasteiger partial charge on any atom is 0.257 e. The number of thiocarbonyl (C=S) groups is 1. The fourth-order valence-electron chi connectivity index (χ4n) is 2.42. The zero-order valence-corrected chi connectivity index (χ0v) is 17.8. The molecule has 0 heterocycles. The molecule has 2 rings (SSSR count). The van der Waals surface area contributed by atoms with Gasteiger partial charge in [-0.2, -0.15) is 0 Å². The largest absolute Gasteiger partial charge is 0.493 e. The average Bonchev–Trinajstić information content (AvgIpc) is 2.68. The van der Waals surface area contributed by atoms with Crippen LogP contribution in [0.1, 0.15) is 44.0 Å². The van der Waals surface area contributed by atoms with Crippen LogP contribution in [0.5, 0.6) is 5.75 Å². The molecule has 0 saturated carbocycles. The summed E-state index contributed by atoms with van der Waals surface area (Å²) in [5, 5.41) is 8.62. The van der Waals surface area contributed by atoms with E-state index in [0.717, 1.165) is 6.42 Å². The minimum absolute atomic E-state index is 0.0180. The zero-order chi connectivity index (χ0) is 21.2. The van der Waals surface area contributed by atoms with Crippen LogP contribution in [0, 0.1) is 5.92 Å². The first-order valence-electron chi connectivity index (χ1n) is 9.62. The monoisotopic (exact) mass is 413 g/mol. The molecule has 0 aliphatic heterocycles. The lowest BCUT2D eigenvalue weighted by Gasteiger charge is -2.12. The van der Waals surface area contributed by atoms with E-state index in [2.05, 4.69) is 29.8 Å². The molecule has 0 radical (unpaired) electrons. The molecule has 6 nitrogen and oxygen atoms in total. The molecule has 0 aliphatic carbocycles. The Morgan fingerprint density at radius 2 is 1.69 bits per heavy atom. The fraction of sp³-hybridized carbons (Fsp3) is 0.318. The number of hydrogen-bond donors (Lipinski definition) is 3. The van der Waals surface area contributed by atoms with Gasteiger partial charge in [0.25, 0.3) is 5.91 Å². The lowest BCUT2D eigenvalue weighted by molar-refractivity contribution is -0.116. The topological polar surface area (TPSA) is 79.5 Å². The lowest BCUT2D eigenvalue weighted by Crippen LogP contribution is -2.34. The van der Waals surface area contributed by atoms with Crippen LogP contribution in [-0.2, 0) is 4.79 Å². The first-order chi connectivity index (χ1) is 13.9. The van der Waals surface area contributed by atoms with Gasteiger partial charge in [-0.25, -0.2) is 0 Å². The van der Waals surface area contributed by atoms with Crippen molar-refractivity contribution in [3.63, 3.8) is 0 Å². The number of ether oxygens (including phenoxy) is 1. The molecule has 2 amide bonds. The normalized spacial score (nSPS) is 10.3. The average molecular weight is 414 g/mol. The van der Waals surface area contributed by atoms with Gasteiger partial charge in [0.05, 0.1) is 6.61 Å². The van der Waals surface area contributed by atoms with Gasteiger partial charge in [0.2, 0.25) is 5.91 Å². The number of benzene rings is 2. The summed E-state index contributed by atoms with van der Waals surface area (Å²) in [7, 11) is 0. The Hall–Kier alpha value is -2.93.